The van der Waals surface area contributed by atoms with Crippen molar-refractivity contribution in [1.29, 1.82) is 0 Å². The van der Waals surface area contributed by atoms with Gasteiger partial charge in [0.25, 0.3) is 5.88 Å². The number of rotatable bonds is 2. The van der Waals surface area contributed by atoms with E-state index < -0.39 is 10.1 Å². The minimum absolute atomic E-state index is 0.389. The van der Waals surface area contributed by atoms with Crippen LogP contribution >= 0.6 is 0 Å². The van der Waals surface area contributed by atoms with Gasteiger partial charge < -0.3 is 0 Å². The van der Waals surface area contributed by atoms with Crippen LogP contribution in [0.5, 0.6) is 0 Å². The molecule has 0 atom stereocenters. The first-order chi connectivity index (χ1) is 5.49. The smallest absolute Gasteiger partial charge is 0.281 e. The Kier molecular flexibility index (Phi) is 2.44. The second-order valence-electron chi connectivity index (χ2n) is 2.52. The lowest BCUT2D eigenvalue weighted by atomic mass is 10.4. The number of hydrogen-bond acceptors (Lipinski definition) is 2. The van der Waals surface area contributed by atoms with Crippen molar-refractivity contribution in [2.45, 2.75) is 12.8 Å². The number of hydrogen-bond donors (Lipinski definition) is 1. The molecule has 1 aromatic heterocycles. The van der Waals surface area contributed by atoms with Crippen LogP contribution in [0.1, 0.15) is 5.69 Å². The van der Waals surface area contributed by atoms with Crippen molar-refractivity contribution in [2.24, 2.45) is 0 Å². The minimum Gasteiger partial charge on any atom is -0.281 e. The summed E-state index contributed by atoms with van der Waals surface area (Å²) in [6, 6.07) is 5.28. The highest BCUT2D eigenvalue weighted by Gasteiger charge is 2.13. The summed E-state index contributed by atoms with van der Waals surface area (Å²) in [6.45, 7) is 1.77. The van der Waals surface area contributed by atoms with E-state index in [9.17, 15) is 8.42 Å². The molecule has 0 aliphatic rings. The third-order valence-electron chi connectivity index (χ3n) is 1.47. The second-order valence-corrected chi connectivity index (χ2v) is 3.94. The molecule has 0 aliphatic carbocycles. The fourth-order valence-corrected chi connectivity index (χ4v) is 1.52. The molecule has 0 amide bonds. The van der Waals surface area contributed by atoms with Gasteiger partial charge >= 0.3 is 10.1 Å². The van der Waals surface area contributed by atoms with Gasteiger partial charge in [-0.15, -0.1) is 0 Å². The van der Waals surface area contributed by atoms with E-state index in [1.807, 2.05) is 0 Å². The number of pyridine rings is 1. The van der Waals surface area contributed by atoms with E-state index in [-0.39, 0.29) is 5.88 Å². The summed E-state index contributed by atoms with van der Waals surface area (Å²) in [5, 5.41) is 0. The van der Waals surface area contributed by atoms with Gasteiger partial charge in [-0.3, -0.25) is 4.55 Å². The average molecular weight is 188 g/mol. The van der Waals surface area contributed by atoms with Crippen LogP contribution in [-0.4, -0.2) is 13.0 Å². The molecule has 0 bridgehead atoms. The predicted octanol–water partition coefficient (Wildman–Crippen LogP) is 0.128. The van der Waals surface area contributed by atoms with Crippen LogP contribution in [0.3, 0.4) is 0 Å². The van der Waals surface area contributed by atoms with Crippen LogP contribution in [-0.2, 0) is 16.0 Å². The zero-order valence-corrected chi connectivity index (χ0v) is 7.45. The van der Waals surface area contributed by atoms with Crippen LogP contribution < -0.4 is 4.57 Å². The fourth-order valence-electron chi connectivity index (χ4n) is 0.882. The van der Waals surface area contributed by atoms with E-state index >= 15 is 0 Å². The molecular weight excluding hydrogens is 178 g/mol. The van der Waals surface area contributed by atoms with Gasteiger partial charge in [-0.2, -0.15) is 13.0 Å². The summed E-state index contributed by atoms with van der Waals surface area (Å²) < 4.78 is 31.0. The third-order valence-corrected chi connectivity index (χ3v) is 2.07. The van der Waals surface area contributed by atoms with Gasteiger partial charge in [0.2, 0.25) is 0 Å². The molecule has 0 saturated heterocycles. The zero-order valence-electron chi connectivity index (χ0n) is 6.64. The highest BCUT2D eigenvalue weighted by atomic mass is 32.2. The summed E-state index contributed by atoms with van der Waals surface area (Å²) in [6.07, 6.45) is 1.60. The first kappa shape index (κ1) is 9.15. The highest BCUT2D eigenvalue weighted by molar-refractivity contribution is 7.84. The molecule has 1 N–H and O–H groups in total. The number of aryl methyl sites for hydroxylation is 1. The Morgan fingerprint density at radius 2 is 2.17 bits per heavy atom. The summed E-state index contributed by atoms with van der Waals surface area (Å²) in [4.78, 5) is 0. The predicted molar refractivity (Wildman–Crippen MR) is 42.9 cm³/mol. The normalized spacial score (nSPS) is 11.5. The maximum atomic E-state index is 10.5. The van der Waals surface area contributed by atoms with Crippen molar-refractivity contribution >= 4 is 10.1 Å². The van der Waals surface area contributed by atoms with Crippen LogP contribution in [0, 0.1) is 6.92 Å². The Hall–Kier alpha value is -0.940. The Morgan fingerprint density at radius 3 is 2.67 bits per heavy atom. The maximum absolute atomic E-state index is 10.5. The molecule has 0 aliphatic heterocycles. The van der Waals surface area contributed by atoms with Crippen molar-refractivity contribution in [3.63, 3.8) is 0 Å². The van der Waals surface area contributed by atoms with Gasteiger partial charge in [0.05, 0.1) is 0 Å². The van der Waals surface area contributed by atoms with Crippen molar-refractivity contribution in [3.8, 4) is 0 Å². The van der Waals surface area contributed by atoms with Crippen LogP contribution in [0.25, 0.3) is 0 Å². The van der Waals surface area contributed by atoms with Gasteiger partial charge in [0.1, 0.15) is 0 Å². The first-order valence-corrected chi connectivity index (χ1v) is 5.00. The van der Waals surface area contributed by atoms with Crippen molar-refractivity contribution in [1.82, 2.24) is 0 Å². The largest absolute Gasteiger partial charge is 0.326 e. The zero-order chi connectivity index (χ0) is 9.19. The van der Waals surface area contributed by atoms with Crippen LogP contribution in [0.4, 0.5) is 0 Å². The van der Waals surface area contributed by atoms with Gasteiger partial charge in [-0.05, 0) is 0 Å². The summed E-state index contributed by atoms with van der Waals surface area (Å²) >= 11 is 0. The molecule has 0 unspecified atom stereocenters. The molecule has 66 valence electrons. The summed E-state index contributed by atoms with van der Waals surface area (Å²) in [5.74, 6) is -0.389. The van der Waals surface area contributed by atoms with Crippen LogP contribution in [0.2, 0.25) is 0 Å². The fraction of sp³-hybridized carbons (Fsp3) is 0.286. The van der Waals surface area contributed by atoms with Crippen molar-refractivity contribution in [3.05, 3.63) is 30.1 Å². The summed E-state index contributed by atoms with van der Waals surface area (Å²) in [5.41, 5.74) is 0.787. The Morgan fingerprint density at radius 1 is 1.50 bits per heavy atom. The summed E-state index contributed by atoms with van der Waals surface area (Å²) in [7, 11) is -3.94. The van der Waals surface area contributed by atoms with Crippen LogP contribution in [0.15, 0.2) is 24.4 Å². The molecule has 5 heteroatoms. The van der Waals surface area contributed by atoms with Gasteiger partial charge in [0.15, 0.2) is 11.9 Å². The number of nitrogens with zero attached hydrogens (tertiary/aromatic N) is 1. The molecule has 0 fully saturated rings. The molecule has 0 spiro atoms. The van der Waals surface area contributed by atoms with Gasteiger partial charge in [-0.1, -0.05) is 6.07 Å². The van der Waals surface area contributed by atoms with Gasteiger partial charge in [-0.25, -0.2) is 0 Å². The van der Waals surface area contributed by atoms with E-state index in [1.165, 1.54) is 4.57 Å². The average Bonchev–Trinajstić information content (AvgIpc) is 1.91. The molecule has 1 rings (SSSR count). The Balaban J connectivity index is 2.98. The van der Waals surface area contributed by atoms with Gasteiger partial charge in [0, 0.05) is 19.1 Å². The van der Waals surface area contributed by atoms with E-state index in [1.54, 1.807) is 31.3 Å². The Labute approximate surface area is 71.2 Å². The Bertz CT molecular complexity index is 372. The molecular formula is C7H10NO3S+. The van der Waals surface area contributed by atoms with E-state index in [4.69, 9.17) is 4.55 Å². The highest BCUT2D eigenvalue weighted by Crippen LogP contribution is 1.89. The quantitative estimate of drug-likeness (QED) is 0.530. The first-order valence-electron chi connectivity index (χ1n) is 3.39. The van der Waals surface area contributed by atoms with E-state index in [2.05, 4.69) is 0 Å². The van der Waals surface area contributed by atoms with E-state index in [0.717, 1.165) is 5.69 Å². The minimum atomic E-state index is -3.94. The molecule has 1 heterocycles. The second kappa shape index (κ2) is 3.20. The van der Waals surface area contributed by atoms with E-state index in [0.29, 0.717) is 0 Å². The molecule has 1 aromatic rings. The SMILES string of the molecule is Cc1cccc[n+]1CS(=O)(=O)O. The lowest BCUT2D eigenvalue weighted by Gasteiger charge is -1.95. The molecule has 0 radical (unpaired) electrons. The van der Waals surface area contributed by atoms with Crippen molar-refractivity contribution < 1.29 is 17.5 Å². The number of aromatic nitrogens is 1. The standard InChI is InChI=1S/C7H9NO3S/c1-7-4-2-3-5-8(7)6-12(9,10)11/h2-5H,6H2,1H3/p+1. The topological polar surface area (TPSA) is 58.2 Å². The molecule has 4 nitrogen and oxygen atoms in total. The maximum Gasteiger partial charge on any atom is 0.326 e. The lowest BCUT2D eigenvalue weighted by Crippen LogP contribution is -2.39. The molecule has 0 saturated carbocycles. The third kappa shape index (κ3) is 2.60. The molecule has 12 heavy (non-hydrogen) atoms. The van der Waals surface area contributed by atoms with Crippen molar-refractivity contribution in [2.75, 3.05) is 0 Å². The monoisotopic (exact) mass is 188 g/mol. The lowest BCUT2D eigenvalue weighted by molar-refractivity contribution is -0.684. The molecule has 0 aromatic carbocycles.